The molecule has 2 saturated heterocycles. The van der Waals surface area contributed by atoms with E-state index < -0.39 is 59.5 Å². The van der Waals surface area contributed by atoms with Crippen molar-refractivity contribution in [1.82, 2.24) is 15.1 Å². The van der Waals surface area contributed by atoms with Gasteiger partial charge in [0.15, 0.2) is 0 Å². The summed E-state index contributed by atoms with van der Waals surface area (Å²) in [5, 5.41) is 13.2. The maximum atomic E-state index is 14.5. The zero-order valence-electron chi connectivity index (χ0n) is 24.6. The van der Waals surface area contributed by atoms with Crippen molar-refractivity contribution < 1.29 is 33.8 Å². The van der Waals surface area contributed by atoms with Gasteiger partial charge in [-0.15, -0.1) is 0 Å². The van der Waals surface area contributed by atoms with Crippen LogP contribution in [0.4, 0.5) is 0 Å². The molecule has 4 aliphatic heterocycles. The number of amides is 3. The summed E-state index contributed by atoms with van der Waals surface area (Å²) < 4.78 is 12.7. The number of cyclic esters (lactones) is 1. The number of carbonyl (C=O) groups is 4. The Morgan fingerprint density at radius 3 is 2.60 bits per heavy atom. The van der Waals surface area contributed by atoms with E-state index in [4.69, 9.17) is 9.47 Å². The third-order valence-corrected chi connectivity index (χ3v) is 9.60. The predicted octanol–water partition coefficient (Wildman–Crippen LogP) is 3.01. The summed E-state index contributed by atoms with van der Waals surface area (Å²) in [4.78, 5) is 58.6. The van der Waals surface area contributed by atoms with Gasteiger partial charge in [0, 0.05) is 24.0 Å². The number of ether oxygens (including phenoxy) is 2. The third kappa shape index (κ3) is 5.91. The van der Waals surface area contributed by atoms with Crippen molar-refractivity contribution in [2.45, 2.75) is 75.8 Å². The number of aliphatic hydroxyl groups excluding tert-OH is 1. The minimum absolute atomic E-state index is 0.0721. The number of allylic oxidation sites excluding steroid dienone is 1. The lowest BCUT2D eigenvalue weighted by Gasteiger charge is -2.37. The van der Waals surface area contributed by atoms with Crippen molar-refractivity contribution in [2.75, 3.05) is 26.3 Å². The molecule has 10 nitrogen and oxygen atoms in total. The van der Waals surface area contributed by atoms with Gasteiger partial charge in [0.1, 0.15) is 24.4 Å². The molecule has 4 aliphatic rings. The first-order valence-electron chi connectivity index (χ1n) is 15.2. The van der Waals surface area contributed by atoms with Crippen molar-refractivity contribution in [2.24, 2.45) is 11.8 Å². The summed E-state index contributed by atoms with van der Waals surface area (Å²) in [5.74, 6) is -3.42. The number of hydrogen-bond acceptors (Lipinski definition) is 7. The fourth-order valence-corrected chi connectivity index (χ4v) is 7.49. The van der Waals surface area contributed by atoms with E-state index in [1.54, 1.807) is 17.9 Å². The topological polar surface area (TPSA) is 125 Å². The lowest BCUT2D eigenvalue weighted by atomic mass is 9.74. The number of hydrogen-bond donors (Lipinski definition) is 2. The first-order chi connectivity index (χ1) is 20.7. The van der Waals surface area contributed by atoms with Crippen molar-refractivity contribution in [3.05, 3.63) is 58.6 Å². The highest BCUT2D eigenvalue weighted by atomic mass is 79.9. The molecule has 2 N–H and O–H groups in total. The van der Waals surface area contributed by atoms with E-state index in [1.807, 2.05) is 42.5 Å². The fourth-order valence-electron chi connectivity index (χ4n) is 6.76. The van der Waals surface area contributed by atoms with E-state index in [0.717, 1.165) is 24.8 Å². The summed E-state index contributed by atoms with van der Waals surface area (Å²) in [6.07, 6.45) is 8.02. The van der Waals surface area contributed by atoms with Gasteiger partial charge in [0.05, 0.1) is 30.5 Å². The molecule has 0 aliphatic carbocycles. The minimum Gasteiger partial charge on any atom is -0.463 e. The summed E-state index contributed by atoms with van der Waals surface area (Å²) in [6.45, 7) is 4.13. The second-order valence-electron chi connectivity index (χ2n) is 11.8. The molecular weight excluding hydrogens is 618 g/mol. The van der Waals surface area contributed by atoms with Crippen LogP contribution in [0.3, 0.4) is 0 Å². The maximum absolute atomic E-state index is 14.5. The molecule has 2 fully saturated rings. The van der Waals surface area contributed by atoms with Gasteiger partial charge >= 0.3 is 5.97 Å². The van der Waals surface area contributed by atoms with Gasteiger partial charge in [-0.25, -0.2) is 0 Å². The molecule has 0 unspecified atom stereocenters. The average Bonchev–Trinajstić information content (AvgIpc) is 3.60. The number of rotatable bonds is 7. The molecule has 11 heteroatoms. The van der Waals surface area contributed by atoms with Crippen molar-refractivity contribution in [3.63, 3.8) is 0 Å². The Labute approximate surface area is 260 Å². The third-order valence-electron chi connectivity index (χ3n) is 8.92. The number of carbonyl (C=O) groups excluding carboxylic acids is 4. The summed E-state index contributed by atoms with van der Waals surface area (Å²) in [6, 6.07) is 6.83. The lowest BCUT2D eigenvalue weighted by molar-refractivity contribution is -0.150. The van der Waals surface area contributed by atoms with Crippen LogP contribution in [-0.4, -0.2) is 88.7 Å². The van der Waals surface area contributed by atoms with E-state index >= 15 is 0 Å². The Bertz CT molecular complexity index is 1290. The van der Waals surface area contributed by atoms with Crippen molar-refractivity contribution in [1.29, 1.82) is 0 Å². The van der Waals surface area contributed by atoms with Gasteiger partial charge in [0.2, 0.25) is 17.7 Å². The molecular formula is C32H40BrN3O7. The quantitative estimate of drug-likeness (QED) is 0.262. The predicted molar refractivity (Wildman–Crippen MR) is 162 cm³/mol. The lowest BCUT2D eigenvalue weighted by Crippen LogP contribution is -2.58. The zero-order chi connectivity index (χ0) is 30.7. The summed E-state index contributed by atoms with van der Waals surface area (Å²) in [7, 11) is 0. The monoisotopic (exact) mass is 657 g/mol. The second kappa shape index (κ2) is 13.3. The highest BCUT2D eigenvalue weighted by Gasteiger charge is 2.75. The Hall–Kier alpha value is -3.02. The Morgan fingerprint density at radius 2 is 1.88 bits per heavy atom. The van der Waals surface area contributed by atoms with Gasteiger partial charge in [-0.1, -0.05) is 78.2 Å². The van der Waals surface area contributed by atoms with E-state index in [-0.39, 0.29) is 25.5 Å². The molecule has 5 rings (SSSR count). The van der Waals surface area contributed by atoms with Crippen molar-refractivity contribution >= 4 is 39.6 Å². The van der Waals surface area contributed by atoms with Crippen LogP contribution in [-0.2, 0) is 28.7 Å². The number of halogens is 1. The summed E-state index contributed by atoms with van der Waals surface area (Å²) in [5.41, 5.74) is -0.628. The number of unbranched alkanes of at least 4 members (excludes halogenated alkanes) is 2. The molecule has 1 spiro atoms. The summed E-state index contributed by atoms with van der Waals surface area (Å²) >= 11 is 3.58. The number of fused-ring (bicyclic) bond motifs is 2. The molecule has 0 saturated carbocycles. The van der Waals surface area contributed by atoms with E-state index in [1.165, 1.54) is 4.90 Å². The number of aliphatic hydroxyl groups is 1. The smallest absolute Gasteiger partial charge is 0.306 e. The van der Waals surface area contributed by atoms with Crippen LogP contribution in [0.15, 0.2) is 53.0 Å². The van der Waals surface area contributed by atoms with Gasteiger partial charge in [-0.3, -0.25) is 19.2 Å². The Balaban J connectivity index is 1.57. The van der Waals surface area contributed by atoms with Crippen LogP contribution in [0.25, 0.3) is 0 Å². The normalized spacial score (nSPS) is 32.7. The molecule has 4 heterocycles. The highest BCUT2D eigenvalue weighted by molar-refractivity contribution is 9.11. The second-order valence-corrected chi connectivity index (χ2v) is 12.7. The number of likely N-dealkylation sites (tertiary alicyclic amines) is 1. The molecule has 3 amide bonds. The van der Waals surface area contributed by atoms with Crippen LogP contribution in [0, 0.1) is 11.8 Å². The molecule has 43 heavy (non-hydrogen) atoms. The van der Waals surface area contributed by atoms with Crippen LogP contribution < -0.4 is 5.32 Å². The minimum atomic E-state index is -1.38. The molecule has 232 valence electrons. The van der Waals surface area contributed by atoms with Gasteiger partial charge in [-0.2, -0.15) is 0 Å². The molecule has 0 radical (unpaired) electrons. The SMILES string of the molecule is CCCCCN1C/C=C\CCC(=O)OC[C@@H](c2ccccc2)NC(=O)[C@@H]2[C@H]3O[C@@]4(C=C3Br)[C@H](C1=O)N([C@H](C)CO)C(=O)[C@@H]24. The number of nitrogens with one attached hydrogen (secondary N) is 1. The van der Waals surface area contributed by atoms with E-state index in [0.29, 0.717) is 24.0 Å². The first-order valence-corrected chi connectivity index (χ1v) is 16.0. The number of benzene rings is 1. The Kier molecular flexibility index (Phi) is 9.73. The number of nitrogens with zero attached hydrogens (tertiary/aromatic N) is 2. The maximum Gasteiger partial charge on any atom is 0.306 e. The van der Waals surface area contributed by atoms with Gasteiger partial charge in [-0.05, 0) is 31.4 Å². The van der Waals surface area contributed by atoms with Crippen molar-refractivity contribution in [3.8, 4) is 0 Å². The highest BCUT2D eigenvalue weighted by Crippen LogP contribution is 2.59. The largest absolute Gasteiger partial charge is 0.463 e. The molecule has 5 bridgehead atoms. The van der Waals surface area contributed by atoms with Gasteiger partial charge in [0.25, 0.3) is 0 Å². The first kappa shape index (κ1) is 31.4. The average molecular weight is 659 g/mol. The standard InChI is InChI=1S/C32H40BrN3O7/c1-3-4-10-15-35-16-11-6-9-14-24(38)42-19-23(21-12-7-5-8-13-21)34-29(39)25-26-30(40)36(20(2)18-37)28(31(35)41)32(26)17-22(33)27(25)43-32/h5-8,11-13,17,20,23,25-28,37H,3-4,9-10,14-16,18-19H2,1-2H3,(H,34,39)/b11-6-/t20-,23+,25+,26-,27+,28+,32-/m1/s1. The van der Waals surface area contributed by atoms with Crippen LogP contribution in [0.1, 0.15) is 57.6 Å². The molecule has 7 atom stereocenters. The van der Waals surface area contributed by atoms with Crippen LogP contribution in [0.2, 0.25) is 0 Å². The molecule has 1 aromatic carbocycles. The Morgan fingerprint density at radius 1 is 1.12 bits per heavy atom. The fraction of sp³-hybridized carbons (Fsp3) is 0.562. The van der Waals surface area contributed by atoms with Gasteiger partial charge < -0.3 is 29.7 Å². The van der Waals surface area contributed by atoms with E-state index in [9.17, 15) is 24.3 Å². The number of esters is 1. The van der Waals surface area contributed by atoms with E-state index in [2.05, 4.69) is 28.2 Å². The zero-order valence-corrected chi connectivity index (χ0v) is 26.2. The van der Waals surface area contributed by atoms with Crippen LogP contribution >= 0.6 is 15.9 Å². The molecule has 0 aromatic heterocycles. The molecule has 1 aromatic rings. The van der Waals surface area contributed by atoms with Crippen LogP contribution in [0.5, 0.6) is 0 Å².